The van der Waals surface area contributed by atoms with Crippen molar-refractivity contribution < 1.29 is 18.7 Å². The lowest BCUT2D eigenvalue weighted by molar-refractivity contribution is 0.0704. The van der Waals surface area contributed by atoms with Gasteiger partial charge in [0.15, 0.2) is 5.82 Å². The van der Waals surface area contributed by atoms with Crippen LogP contribution in [-0.4, -0.2) is 64.8 Å². The Labute approximate surface area is 191 Å². The number of aromatic amines is 1. The van der Waals surface area contributed by atoms with Crippen molar-refractivity contribution in [2.24, 2.45) is 5.92 Å². The number of piperazine rings is 1. The molecule has 0 aromatic carbocycles. The molecule has 2 aliphatic rings. The normalized spacial score (nSPS) is 20.0. The van der Waals surface area contributed by atoms with Crippen LogP contribution in [0.15, 0.2) is 30.6 Å². The van der Waals surface area contributed by atoms with Crippen LogP contribution in [0.3, 0.4) is 0 Å². The second-order valence-electron chi connectivity index (χ2n) is 9.15. The fraction of sp³-hybridized carbons (Fsp3) is 0.458. The maximum absolute atomic E-state index is 15.1. The zero-order chi connectivity index (χ0) is 23.1. The number of carbonyl (C=O) groups excluding carboxylic acids is 1. The first-order valence-corrected chi connectivity index (χ1v) is 11.3. The SMILES string of the molecule is COc1cc(-c2cc3c(N4CC5CCC(C4)N5C(=O)OCC(C)C)c(F)cnc3[nH]2)ccn1. The Morgan fingerprint density at radius 2 is 2.00 bits per heavy atom. The van der Waals surface area contributed by atoms with E-state index >= 15 is 4.39 Å². The van der Waals surface area contributed by atoms with Crippen LogP contribution in [0.5, 0.6) is 5.88 Å². The topological polar surface area (TPSA) is 83.6 Å². The molecule has 0 aliphatic carbocycles. The number of nitrogens with one attached hydrogen (secondary N) is 1. The molecule has 8 nitrogen and oxygen atoms in total. The number of carbonyl (C=O) groups is 1. The number of anilines is 1. The number of H-pyrrole nitrogens is 1. The summed E-state index contributed by atoms with van der Waals surface area (Å²) in [7, 11) is 1.57. The Kier molecular flexibility index (Phi) is 5.55. The van der Waals surface area contributed by atoms with Gasteiger partial charge in [-0.2, -0.15) is 0 Å². The summed E-state index contributed by atoms with van der Waals surface area (Å²) < 4.78 is 25.8. The molecule has 2 fully saturated rings. The average molecular weight is 454 g/mol. The van der Waals surface area contributed by atoms with Gasteiger partial charge in [0.05, 0.1) is 37.7 Å². The first-order chi connectivity index (χ1) is 15.9. The predicted molar refractivity (Wildman–Crippen MR) is 123 cm³/mol. The molecule has 2 atom stereocenters. The number of ether oxygens (including phenoxy) is 2. The van der Waals surface area contributed by atoms with Gasteiger partial charge in [0.2, 0.25) is 5.88 Å². The number of fused-ring (bicyclic) bond motifs is 3. The van der Waals surface area contributed by atoms with Gasteiger partial charge in [-0.05, 0) is 30.9 Å². The Morgan fingerprint density at radius 1 is 1.24 bits per heavy atom. The van der Waals surface area contributed by atoms with Crippen LogP contribution in [0.4, 0.5) is 14.9 Å². The minimum Gasteiger partial charge on any atom is -0.481 e. The van der Waals surface area contributed by atoms with Crippen LogP contribution in [0.2, 0.25) is 0 Å². The molecule has 0 spiro atoms. The minimum atomic E-state index is -0.365. The first kappa shape index (κ1) is 21.5. The molecular weight excluding hydrogens is 425 g/mol. The molecule has 5 rings (SSSR count). The van der Waals surface area contributed by atoms with Crippen LogP contribution >= 0.6 is 0 Å². The standard InChI is InChI=1S/C24H28FN5O3/c1-14(2)13-33-24(31)30-16-4-5-17(30)12-29(11-16)22-18-9-20(28-23(18)27-10-19(22)25)15-6-7-26-21(8-15)32-3/h6-10,14,16-17H,4-5,11-13H2,1-3H3,(H,27,28). The van der Waals surface area contributed by atoms with Crippen LogP contribution < -0.4 is 9.64 Å². The summed E-state index contributed by atoms with van der Waals surface area (Å²) in [5.74, 6) is 0.424. The molecular formula is C24H28FN5O3. The summed E-state index contributed by atoms with van der Waals surface area (Å²) >= 11 is 0. The van der Waals surface area contributed by atoms with Gasteiger partial charge >= 0.3 is 6.09 Å². The van der Waals surface area contributed by atoms with E-state index in [-0.39, 0.29) is 29.9 Å². The Hall–Kier alpha value is -3.36. The molecule has 2 unspecified atom stereocenters. The fourth-order valence-corrected chi connectivity index (χ4v) is 4.90. The second kappa shape index (κ2) is 8.53. The monoisotopic (exact) mass is 453 g/mol. The summed E-state index contributed by atoms with van der Waals surface area (Å²) in [6.07, 6.45) is 4.46. The Balaban J connectivity index is 1.44. The highest BCUT2D eigenvalue weighted by Gasteiger charge is 2.44. The van der Waals surface area contributed by atoms with Crippen LogP contribution in [-0.2, 0) is 4.74 Å². The number of hydrogen-bond donors (Lipinski definition) is 1. The highest BCUT2D eigenvalue weighted by molar-refractivity contribution is 5.94. The van der Waals surface area contributed by atoms with E-state index in [0.29, 0.717) is 36.9 Å². The molecule has 1 amide bonds. The van der Waals surface area contributed by atoms with E-state index in [1.165, 1.54) is 6.20 Å². The maximum Gasteiger partial charge on any atom is 0.410 e. The van der Waals surface area contributed by atoms with Gasteiger partial charge < -0.3 is 19.4 Å². The van der Waals surface area contributed by atoms with Crippen molar-refractivity contribution in [1.29, 1.82) is 0 Å². The molecule has 0 saturated carbocycles. The van der Waals surface area contributed by atoms with Crippen molar-refractivity contribution in [2.45, 2.75) is 38.8 Å². The number of aromatic nitrogens is 3. The van der Waals surface area contributed by atoms with Crippen molar-refractivity contribution >= 4 is 22.8 Å². The van der Waals surface area contributed by atoms with Gasteiger partial charge in [0.25, 0.3) is 0 Å². The van der Waals surface area contributed by atoms with Gasteiger partial charge in [-0.25, -0.2) is 19.2 Å². The zero-order valence-electron chi connectivity index (χ0n) is 19.0. The smallest absolute Gasteiger partial charge is 0.410 e. The van der Waals surface area contributed by atoms with Crippen LogP contribution in [0.25, 0.3) is 22.3 Å². The third-order valence-electron chi connectivity index (χ3n) is 6.39. The number of nitrogens with zero attached hydrogens (tertiary/aromatic N) is 4. The van der Waals surface area contributed by atoms with E-state index in [9.17, 15) is 4.79 Å². The molecule has 174 valence electrons. The quantitative estimate of drug-likeness (QED) is 0.623. The third-order valence-corrected chi connectivity index (χ3v) is 6.39. The van der Waals surface area contributed by atoms with Gasteiger partial charge in [-0.1, -0.05) is 13.8 Å². The molecule has 33 heavy (non-hydrogen) atoms. The summed E-state index contributed by atoms with van der Waals surface area (Å²) in [4.78, 5) is 28.3. The van der Waals surface area contributed by atoms with E-state index in [0.717, 1.165) is 29.5 Å². The zero-order valence-corrected chi connectivity index (χ0v) is 19.0. The highest BCUT2D eigenvalue weighted by Crippen LogP contribution is 2.38. The lowest BCUT2D eigenvalue weighted by Crippen LogP contribution is -2.56. The first-order valence-electron chi connectivity index (χ1n) is 11.3. The van der Waals surface area contributed by atoms with Crippen LogP contribution in [0.1, 0.15) is 26.7 Å². The number of halogens is 1. The third kappa shape index (κ3) is 3.96. The molecule has 3 aromatic rings. The molecule has 9 heteroatoms. The molecule has 2 bridgehead atoms. The summed E-state index contributed by atoms with van der Waals surface area (Å²) in [5.41, 5.74) is 2.83. The summed E-state index contributed by atoms with van der Waals surface area (Å²) in [6.45, 7) is 5.57. The van der Waals surface area contributed by atoms with Crippen molar-refractivity contribution in [1.82, 2.24) is 19.9 Å². The van der Waals surface area contributed by atoms with Gasteiger partial charge in [-0.15, -0.1) is 0 Å². The van der Waals surface area contributed by atoms with Crippen molar-refractivity contribution in [3.63, 3.8) is 0 Å². The van der Waals surface area contributed by atoms with Crippen LogP contribution in [0, 0.1) is 11.7 Å². The van der Waals surface area contributed by atoms with E-state index in [4.69, 9.17) is 9.47 Å². The predicted octanol–water partition coefficient (Wildman–Crippen LogP) is 4.22. The van der Waals surface area contributed by atoms with E-state index < -0.39 is 0 Å². The van der Waals surface area contributed by atoms with E-state index in [1.807, 2.05) is 36.9 Å². The second-order valence-corrected chi connectivity index (χ2v) is 9.15. The van der Waals surface area contributed by atoms with Gasteiger partial charge in [0, 0.05) is 42.0 Å². The molecule has 5 heterocycles. The molecule has 0 radical (unpaired) electrons. The fourth-order valence-electron chi connectivity index (χ4n) is 4.90. The van der Waals surface area contributed by atoms with Gasteiger partial charge in [0.1, 0.15) is 5.65 Å². The van der Waals surface area contributed by atoms with E-state index in [2.05, 4.69) is 19.9 Å². The van der Waals surface area contributed by atoms with Crippen molar-refractivity contribution in [3.05, 3.63) is 36.4 Å². The van der Waals surface area contributed by atoms with Gasteiger partial charge in [-0.3, -0.25) is 4.90 Å². The maximum atomic E-state index is 15.1. The van der Waals surface area contributed by atoms with Crippen molar-refractivity contribution in [2.75, 3.05) is 31.7 Å². The molecule has 2 saturated heterocycles. The number of amides is 1. The highest BCUT2D eigenvalue weighted by atomic mass is 19.1. The summed E-state index contributed by atoms with van der Waals surface area (Å²) in [6, 6.07) is 5.62. The number of methoxy groups -OCH3 is 1. The lowest BCUT2D eigenvalue weighted by atomic mass is 10.1. The minimum absolute atomic E-state index is 0.00824. The lowest BCUT2D eigenvalue weighted by Gasteiger charge is -2.41. The number of hydrogen-bond acceptors (Lipinski definition) is 6. The Bertz CT molecular complexity index is 1170. The Morgan fingerprint density at radius 3 is 2.70 bits per heavy atom. The molecule has 3 aromatic heterocycles. The number of rotatable bonds is 5. The molecule has 1 N–H and O–H groups in total. The molecule has 2 aliphatic heterocycles. The van der Waals surface area contributed by atoms with E-state index in [1.54, 1.807) is 13.3 Å². The average Bonchev–Trinajstić information content (AvgIpc) is 3.35. The largest absolute Gasteiger partial charge is 0.481 e. The summed E-state index contributed by atoms with van der Waals surface area (Å²) in [5, 5.41) is 0.719. The number of pyridine rings is 2. The van der Waals surface area contributed by atoms with Crippen molar-refractivity contribution in [3.8, 4) is 17.1 Å².